The first-order valence-corrected chi connectivity index (χ1v) is 37.2. The van der Waals surface area contributed by atoms with E-state index in [-0.39, 0.29) is 45.9 Å². The highest BCUT2D eigenvalue weighted by atomic mass is 32.2. The molecule has 0 radical (unpaired) electrons. The van der Waals surface area contributed by atoms with Crippen LogP contribution in [0.25, 0.3) is 43.6 Å². The van der Waals surface area contributed by atoms with Gasteiger partial charge in [0, 0.05) is 121 Å². The number of hydrogen-bond acceptors (Lipinski definition) is 10. The number of rotatable bonds is 13. The molecular formula is C68H80F4N12O6S3. The number of sulfonamides is 3. The standard InChI is InChI=1S/C20H21FN2O2S.C18H23FN2O2S.C16H21FN2O2S.C14H15FN6/c21-17-6-7-18-19(13-22-20(18)12-17)16-8-10-23(11-9-16)26(24,25)14-15-4-2-1-3-5-15;19-14-5-6-16-17(12-20-18(16)11-14)13-7-9-21(10-8-13)24(22,23)15-3-1-2-4-15;1-2-9-22(20,21)19-7-5-12(6-8-19)15-11-18-16-10-13(17)3-4-14(15)16;15-10-1-2-11-12(8-16-13(11)7-10)9-3-5-21(6-4-9)14-17-19-20-18-14/h1-7,12-13,16,22H,8-11,14H2;5-6,11-13,15,20H,1-4,7-10H2;3-4,10-12,18H,2,5-9H2,1H3;1-2,7-9,16H,3-6H2,(H,17,18,19,20). The quantitative estimate of drug-likeness (QED) is 0.0685. The van der Waals surface area contributed by atoms with E-state index in [9.17, 15) is 42.8 Å². The largest absolute Gasteiger partial charge is 0.361 e. The lowest BCUT2D eigenvalue weighted by atomic mass is 9.89. The summed E-state index contributed by atoms with van der Waals surface area (Å²) in [6.07, 6.45) is 19.1. The van der Waals surface area contributed by atoms with Crippen molar-refractivity contribution in [3.63, 3.8) is 0 Å². The number of aromatic nitrogens is 8. The lowest BCUT2D eigenvalue weighted by Crippen LogP contribution is -2.42. The fourth-order valence-electron chi connectivity index (χ4n) is 14.5. The maximum Gasteiger partial charge on any atom is 0.265 e. The van der Waals surface area contributed by atoms with Gasteiger partial charge < -0.3 is 24.8 Å². The third kappa shape index (κ3) is 15.1. The smallest absolute Gasteiger partial charge is 0.265 e. The van der Waals surface area contributed by atoms with E-state index >= 15 is 0 Å². The van der Waals surface area contributed by atoms with Gasteiger partial charge in [-0.05, 0) is 200 Å². The first-order valence-electron chi connectivity index (χ1n) is 32.4. The number of halogens is 4. The number of nitrogens with one attached hydrogen (secondary N) is 5. The highest BCUT2D eigenvalue weighted by Crippen LogP contribution is 2.39. The van der Waals surface area contributed by atoms with E-state index in [0.29, 0.717) is 69.4 Å². The number of H-pyrrole nitrogens is 5. The maximum atomic E-state index is 13.4. The monoisotopic (exact) mass is 1330 g/mol. The van der Waals surface area contributed by atoms with Crippen molar-refractivity contribution in [2.24, 2.45) is 0 Å². The number of fused-ring (bicyclic) bond motifs is 4. The van der Waals surface area contributed by atoms with Gasteiger partial charge in [0.2, 0.25) is 30.1 Å². The summed E-state index contributed by atoms with van der Waals surface area (Å²) in [6, 6.07) is 28.6. The Morgan fingerprint density at radius 3 is 1.18 bits per heavy atom. The van der Waals surface area contributed by atoms with Crippen LogP contribution in [0.2, 0.25) is 0 Å². The van der Waals surface area contributed by atoms with Crippen LogP contribution < -0.4 is 4.90 Å². The lowest BCUT2D eigenvalue weighted by molar-refractivity contribution is 0.316. The van der Waals surface area contributed by atoms with Gasteiger partial charge in [-0.15, -0.1) is 5.10 Å². The summed E-state index contributed by atoms with van der Waals surface area (Å²) >= 11 is 0. The van der Waals surface area contributed by atoms with Crippen LogP contribution in [0.1, 0.15) is 142 Å². The molecule has 18 nitrogen and oxygen atoms in total. The first kappa shape index (κ1) is 65.6. The third-order valence-electron chi connectivity index (χ3n) is 19.5. The number of aromatic amines is 5. The number of anilines is 1. The van der Waals surface area contributed by atoms with Crippen LogP contribution in [0.3, 0.4) is 0 Å². The predicted octanol–water partition coefficient (Wildman–Crippen LogP) is 13.2. The molecule has 1 saturated carbocycles. The molecule has 10 aromatic rings. The highest BCUT2D eigenvalue weighted by molar-refractivity contribution is 7.89. The van der Waals surface area contributed by atoms with E-state index in [1.54, 1.807) is 31.1 Å². The Hall–Kier alpha value is -7.42. The van der Waals surface area contributed by atoms with Gasteiger partial charge in [-0.25, -0.2) is 55.7 Å². The Bertz CT molecular complexity index is 4490. The molecule has 0 amide bonds. The molecule has 494 valence electrons. The zero-order chi connectivity index (χ0) is 64.9. The molecule has 25 heteroatoms. The molecule has 15 rings (SSSR count). The van der Waals surface area contributed by atoms with Crippen LogP contribution in [0.5, 0.6) is 0 Å². The molecule has 4 saturated heterocycles. The number of tetrazole rings is 1. The fraction of sp³-hybridized carbons (Fsp3) is 0.426. The van der Waals surface area contributed by atoms with Crippen molar-refractivity contribution in [3.05, 3.63) is 179 Å². The molecule has 5 fully saturated rings. The molecule has 5 N–H and O–H groups in total. The second kappa shape index (κ2) is 28.7. The van der Waals surface area contributed by atoms with Gasteiger partial charge in [0.25, 0.3) is 5.95 Å². The van der Waals surface area contributed by atoms with Crippen molar-refractivity contribution in [2.75, 3.05) is 63.0 Å². The molecule has 4 aliphatic heterocycles. The Morgan fingerprint density at radius 1 is 0.452 bits per heavy atom. The number of hydrogen-bond donors (Lipinski definition) is 5. The molecule has 0 atom stereocenters. The van der Waals surface area contributed by atoms with Crippen LogP contribution in [-0.4, -0.2) is 142 Å². The van der Waals surface area contributed by atoms with Crippen LogP contribution in [0.15, 0.2) is 128 Å². The zero-order valence-electron chi connectivity index (χ0n) is 52.1. The van der Waals surface area contributed by atoms with Gasteiger partial charge in [-0.2, -0.15) is 5.21 Å². The van der Waals surface area contributed by atoms with Crippen LogP contribution >= 0.6 is 0 Å². The Labute approximate surface area is 540 Å². The van der Waals surface area contributed by atoms with E-state index in [0.717, 1.165) is 145 Å². The zero-order valence-corrected chi connectivity index (χ0v) is 54.5. The topological polar surface area (TPSA) is 233 Å². The summed E-state index contributed by atoms with van der Waals surface area (Å²) in [7, 11) is -9.52. The number of piperidine rings is 4. The average molecular weight is 1330 g/mol. The SMILES string of the molecule is CCCS(=O)(=O)N1CCC(c2c[nH]c3cc(F)ccc23)CC1.Fc1ccc2c(C3CCN(c4nn[nH]n4)CC3)c[nH]c2c1.O=S(=O)(C1CCCC1)N1CCC(c2c[nH]c3cc(F)ccc23)CC1.O=S(=O)(Cc1ccccc1)N1CCC(c2c[nH]c3cc(F)ccc23)CC1. The number of nitrogens with zero attached hydrogens (tertiary/aromatic N) is 7. The summed E-state index contributed by atoms with van der Waals surface area (Å²) in [5, 5.41) is 18.2. The van der Waals surface area contributed by atoms with E-state index in [4.69, 9.17) is 0 Å². The van der Waals surface area contributed by atoms with Crippen LogP contribution in [-0.2, 0) is 35.8 Å². The van der Waals surface area contributed by atoms with Crippen molar-refractivity contribution in [2.45, 2.75) is 125 Å². The Kier molecular flexibility index (Phi) is 20.2. The maximum absolute atomic E-state index is 13.4. The van der Waals surface area contributed by atoms with Crippen molar-refractivity contribution >= 4 is 79.6 Å². The normalized spacial score (nSPS) is 18.4. The molecule has 5 aromatic heterocycles. The minimum atomic E-state index is -3.30. The van der Waals surface area contributed by atoms with Crippen molar-refractivity contribution in [3.8, 4) is 0 Å². The van der Waals surface area contributed by atoms with Gasteiger partial charge in [-0.1, -0.05) is 55.2 Å². The van der Waals surface area contributed by atoms with Crippen molar-refractivity contribution < 1.29 is 42.8 Å². The molecular weight excluding hydrogens is 1250 g/mol. The molecule has 5 aromatic carbocycles. The minimum Gasteiger partial charge on any atom is -0.361 e. The molecule has 1 aliphatic carbocycles. The highest BCUT2D eigenvalue weighted by Gasteiger charge is 2.37. The molecule has 93 heavy (non-hydrogen) atoms. The summed E-state index contributed by atoms with van der Waals surface area (Å²) < 4.78 is 133. The first-order chi connectivity index (χ1) is 44.9. The summed E-state index contributed by atoms with van der Waals surface area (Å²) in [5.74, 6) is 1.41. The molecule has 0 bridgehead atoms. The fourth-order valence-corrected chi connectivity index (χ4v) is 19.7. The molecule has 0 spiro atoms. The van der Waals surface area contributed by atoms with E-state index < -0.39 is 30.1 Å². The molecule has 9 heterocycles. The predicted molar refractivity (Wildman–Crippen MR) is 356 cm³/mol. The molecule has 0 unspecified atom stereocenters. The second-order valence-electron chi connectivity index (χ2n) is 25.2. The molecule has 5 aliphatic rings. The second-order valence-corrected chi connectivity index (χ2v) is 31.5. The van der Waals surface area contributed by atoms with Gasteiger partial charge in [-0.3, -0.25) is 0 Å². The van der Waals surface area contributed by atoms with E-state index in [1.807, 2.05) is 74.2 Å². The van der Waals surface area contributed by atoms with Gasteiger partial charge in [0.1, 0.15) is 23.3 Å². The van der Waals surface area contributed by atoms with Crippen LogP contribution in [0.4, 0.5) is 23.5 Å². The minimum absolute atomic E-state index is 0.0465. The van der Waals surface area contributed by atoms with Gasteiger partial charge in [0.05, 0.1) is 16.8 Å². The Balaban J connectivity index is 0.000000120. The van der Waals surface area contributed by atoms with E-state index in [1.165, 1.54) is 59.2 Å². The van der Waals surface area contributed by atoms with Crippen molar-refractivity contribution in [1.29, 1.82) is 0 Å². The third-order valence-corrected chi connectivity index (χ3v) is 25.8. The van der Waals surface area contributed by atoms with Crippen molar-refractivity contribution in [1.82, 2.24) is 53.5 Å². The lowest BCUT2D eigenvalue weighted by Gasteiger charge is -2.33. The summed E-state index contributed by atoms with van der Waals surface area (Å²) in [5.41, 5.74) is 8.86. The average Bonchev–Trinajstić information content (AvgIpc) is 2.06. The summed E-state index contributed by atoms with van der Waals surface area (Å²) in [4.78, 5) is 14.7. The van der Waals surface area contributed by atoms with Crippen LogP contribution in [0, 0.1) is 23.3 Å². The van der Waals surface area contributed by atoms with Gasteiger partial charge >= 0.3 is 0 Å². The summed E-state index contributed by atoms with van der Waals surface area (Å²) in [6.45, 7) is 7.06. The Morgan fingerprint density at radius 2 is 0.817 bits per heavy atom. The number of benzene rings is 5. The van der Waals surface area contributed by atoms with Gasteiger partial charge in [0.15, 0.2) is 0 Å². The van der Waals surface area contributed by atoms with E-state index in [2.05, 4.69) is 45.5 Å².